The highest BCUT2D eigenvalue weighted by atomic mass is 16.4. The lowest BCUT2D eigenvalue weighted by Crippen LogP contribution is -2.39. The van der Waals surface area contributed by atoms with Gasteiger partial charge in [0.15, 0.2) is 0 Å². The van der Waals surface area contributed by atoms with Gasteiger partial charge in [0, 0.05) is 13.1 Å². The number of carboxylic acid groups (broad SMARTS) is 1. The Morgan fingerprint density at radius 1 is 1.40 bits per heavy atom. The van der Waals surface area contributed by atoms with Gasteiger partial charge in [-0.3, -0.25) is 4.79 Å². The van der Waals surface area contributed by atoms with Crippen molar-refractivity contribution in [3.8, 4) is 0 Å². The Hall–Kier alpha value is -2.64. The molecule has 0 fully saturated rings. The molecule has 2 N–H and O–H groups in total. The number of carboxylic acids is 1. The van der Waals surface area contributed by atoms with Crippen LogP contribution in [0.4, 0.5) is 4.79 Å². The highest BCUT2D eigenvalue weighted by Crippen LogP contribution is 1.95. The lowest BCUT2D eigenvalue weighted by Gasteiger charge is -2.19. The molecule has 1 aromatic heterocycles. The van der Waals surface area contributed by atoms with Gasteiger partial charge in [0.25, 0.3) is 0 Å². The third kappa shape index (κ3) is 4.92. The second-order valence-corrected chi connectivity index (χ2v) is 3.94. The van der Waals surface area contributed by atoms with Crippen molar-refractivity contribution in [1.82, 2.24) is 25.2 Å². The summed E-state index contributed by atoms with van der Waals surface area (Å²) in [6.07, 6.45) is 4.71. The van der Waals surface area contributed by atoms with E-state index < -0.39 is 5.97 Å². The van der Waals surface area contributed by atoms with Crippen LogP contribution in [0.25, 0.3) is 0 Å². The Morgan fingerprint density at radius 2 is 2.05 bits per heavy atom. The minimum absolute atomic E-state index is 0.170. The number of nitrogens with one attached hydrogen (secondary N) is 1. The molecule has 0 atom stereocenters. The summed E-state index contributed by atoms with van der Waals surface area (Å²) in [4.78, 5) is 23.9. The van der Waals surface area contributed by atoms with Gasteiger partial charge < -0.3 is 15.3 Å². The fraction of sp³-hybridized carbons (Fsp3) is 0.333. The largest absolute Gasteiger partial charge is 0.480 e. The SMILES string of the molecule is C=CCN(CC=C)C(=O)NCc1cn(CC(=O)O)nn1. The molecule has 1 heterocycles. The highest BCUT2D eigenvalue weighted by Gasteiger charge is 2.11. The van der Waals surface area contributed by atoms with Gasteiger partial charge in [0.1, 0.15) is 12.2 Å². The second kappa shape index (κ2) is 7.72. The molecule has 0 radical (unpaired) electrons. The first-order valence-corrected chi connectivity index (χ1v) is 5.92. The van der Waals surface area contributed by atoms with Crippen LogP contribution in [0, 0.1) is 0 Å². The van der Waals surface area contributed by atoms with E-state index in [9.17, 15) is 9.59 Å². The number of aromatic nitrogens is 3. The summed E-state index contributed by atoms with van der Waals surface area (Å²) < 4.78 is 1.19. The monoisotopic (exact) mass is 279 g/mol. The molecule has 0 aliphatic carbocycles. The van der Waals surface area contributed by atoms with Crippen molar-refractivity contribution in [1.29, 1.82) is 0 Å². The van der Waals surface area contributed by atoms with E-state index >= 15 is 0 Å². The highest BCUT2D eigenvalue weighted by molar-refractivity contribution is 5.74. The number of urea groups is 1. The zero-order valence-electron chi connectivity index (χ0n) is 11.0. The summed E-state index contributed by atoms with van der Waals surface area (Å²) >= 11 is 0. The molecule has 8 heteroatoms. The lowest BCUT2D eigenvalue weighted by atomic mass is 10.4. The van der Waals surface area contributed by atoms with E-state index in [2.05, 4.69) is 28.8 Å². The molecular weight excluding hydrogens is 262 g/mol. The zero-order valence-corrected chi connectivity index (χ0v) is 11.0. The topological polar surface area (TPSA) is 100 Å². The van der Waals surface area contributed by atoms with Crippen molar-refractivity contribution in [3.05, 3.63) is 37.2 Å². The van der Waals surface area contributed by atoms with Crippen LogP contribution in [0.3, 0.4) is 0 Å². The smallest absolute Gasteiger partial charge is 0.325 e. The predicted molar refractivity (Wildman–Crippen MR) is 71.9 cm³/mol. The fourth-order valence-electron chi connectivity index (χ4n) is 1.47. The van der Waals surface area contributed by atoms with Gasteiger partial charge in [-0.25, -0.2) is 9.48 Å². The number of carbonyl (C=O) groups excluding carboxylic acids is 1. The average Bonchev–Trinajstić information content (AvgIpc) is 2.82. The fourth-order valence-corrected chi connectivity index (χ4v) is 1.47. The van der Waals surface area contributed by atoms with Crippen LogP contribution >= 0.6 is 0 Å². The Balaban J connectivity index is 2.50. The molecule has 0 spiro atoms. The van der Waals surface area contributed by atoms with E-state index in [1.54, 1.807) is 12.2 Å². The summed E-state index contributed by atoms with van der Waals surface area (Å²) in [7, 11) is 0. The second-order valence-electron chi connectivity index (χ2n) is 3.94. The summed E-state index contributed by atoms with van der Waals surface area (Å²) in [5.74, 6) is -1.01. The molecule has 20 heavy (non-hydrogen) atoms. The van der Waals surface area contributed by atoms with E-state index in [1.165, 1.54) is 15.8 Å². The van der Waals surface area contributed by atoms with E-state index in [0.717, 1.165) is 0 Å². The first kappa shape index (κ1) is 15.4. The molecule has 1 aromatic rings. The molecule has 2 amide bonds. The average molecular weight is 279 g/mol. The molecule has 0 saturated heterocycles. The normalized spacial score (nSPS) is 9.80. The summed E-state index contributed by atoms with van der Waals surface area (Å²) in [6.45, 7) is 7.87. The number of amides is 2. The van der Waals surface area contributed by atoms with Gasteiger partial charge in [0.05, 0.1) is 12.7 Å². The molecule has 0 aliphatic rings. The first-order valence-electron chi connectivity index (χ1n) is 5.92. The van der Waals surface area contributed by atoms with Crippen molar-refractivity contribution < 1.29 is 14.7 Å². The number of nitrogens with zero attached hydrogens (tertiary/aromatic N) is 4. The quantitative estimate of drug-likeness (QED) is 0.664. The van der Waals surface area contributed by atoms with Gasteiger partial charge in [-0.2, -0.15) is 0 Å². The van der Waals surface area contributed by atoms with Crippen molar-refractivity contribution in [2.45, 2.75) is 13.1 Å². The van der Waals surface area contributed by atoms with Crippen LogP contribution in [0.5, 0.6) is 0 Å². The molecular formula is C12H17N5O3. The van der Waals surface area contributed by atoms with Gasteiger partial charge in [-0.15, -0.1) is 18.3 Å². The van der Waals surface area contributed by atoms with Crippen molar-refractivity contribution >= 4 is 12.0 Å². The van der Waals surface area contributed by atoms with Crippen LogP contribution in [0.15, 0.2) is 31.5 Å². The summed E-state index contributed by atoms with van der Waals surface area (Å²) in [5.41, 5.74) is 0.483. The summed E-state index contributed by atoms with van der Waals surface area (Å²) in [5, 5.41) is 18.7. The van der Waals surface area contributed by atoms with E-state index in [1.807, 2.05) is 0 Å². The molecule has 0 aromatic carbocycles. The Morgan fingerprint density at radius 3 is 2.60 bits per heavy atom. The molecule has 108 valence electrons. The Bertz CT molecular complexity index is 487. The minimum atomic E-state index is -1.01. The van der Waals surface area contributed by atoms with Crippen molar-refractivity contribution in [3.63, 3.8) is 0 Å². The Labute approximate surface area is 116 Å². The van der Waals surface area contributed by atoms with Gasteiger partial charge in [-0.05, 0) is 0 Å². The maximum absolute atomic E-state index is 11.9. The number of hydrogen-bond acceptors (Lipinski definition) is 4. The molecule has 1 rings (SSSR count). The number of aliphatic carboxylic acids is 1. The molecule has 0 saturated carbocycles. The Kier molecular flexibility index (Phi) is 5.95. The summed E-state index contributed by atoms with van der Waals surface area (Å²) in [6, 6.07) is -0.280. The number of hydrogen-bond donors (Lipinski definition) is 2. The van der Waals surface area contributed by atoms with Gasteiger partial charge in [0.2, 0.25) is 0 Å². The third-order valence-electron chi connectivity index (χ3n) is 2.29. The van der Waals surface area contributed by atoms with Gasteiger partial charge >= 0.3 is 12.0 Å². The minimum Gasteiger partial charge on any atom is -0.480 e. The van der Waals surface area contributed by atoms with E-state index in [-0.39, 0.29) is 19.1 Å². The van der Waals surface area contributed by atoms with Crippen LogP contribution < -0.4 is 5.32 Å². The van der Waals surface area contributed by atoms with Crippen molar-refractivity contribution in [2.24, 2.45) is 0 Å². The maximum atomic E-state index is 11.9. The predicted octanol–water partition coefficient (Wildman–Crippen LogP) is 0.246. The van der Waals surface area contributed by atoms with Crippen molar-refractivity contribution in [2.75, 3.05) is 13.1 Å². The van der Waals surface area contributed by atoms with Crippen LogP contribution in [0.1, 0.15) is 5.69 Å². The lowest BCUT2D eigenvalue weighted by molar-refractivity contribution is -0.137. The molecule has 0 aliphatic heterocycles. The van der Waals surface area contributed by atoms with Gasteiger partial charge in [-0.1, -0.05) is 17.4 Å². The van der Waals surface area contributed by atoms with E-state index in [0.29, 0.717) is 18.8 Å². The molecule has 8 nitrogen and oxygen atoms in total. The number of carbonyl (C=O) groups is 2. The first-order chi connectivity index (χ1) is 9.56. The van der Waals surface area contributed by atoms with Crippen LogP contribution in [-0.2, 0) is 17.9 Å². The van der Waals surface area contributed by atoms with Crippen LogP contribution in [0.2, 0.25) is 0 Å². The van der Waals surface area contributed by atoms with Crippen LogP contribution in [-0.4, -0.2) is 50.1 Å². The number of rotatable bonds is 8. The maximum Gasteiger partial charge on any atom is 0.325 e. The molecule has 0 unspecified atom stereocenters. The molecule has 0 bridgehead atoms. The standard InChI is InChI=1S/C12H17N5O3/c1-3-5-16(6-4-2)12(20)13-7-10-8-17(15-14-10)9-11(18)19/h3-4,8H,1-2,5-7,9H2,(H,13,20)(H,18,19). The third-order valence-corrected chi connectivity index (χ3v) is 2.29. The van der Waals surface area contributed by atoms with E-state index in [4.69, 9.17) is 5.11 Å². The zero-order chi connectivity index (χ0) is 15.0.